The quantitative estimate of drug-likeness (QED) is 0.653. The standard InChI is InChI=1S/C12H11N7O2/c1-6-2-3-7(11-18-14-5-21-11)4-8(6)15-10(20)9-16-12(13)19-17-9/h2-5H,1H3,(H,15,20)(H3,13,16,17,19). The molecule has 9 heteroatoms. The van der Waals surface area contributed by atoms with Crippen molar-refractivity contribution in [2.24, 2.45) is 0 Å². The van der Waals surface area contributed by atoms with Gasteiger partial charge < -0.3 is 15.5 Å². The summed E-state index contributed by atoms with van der Waals surface area (Å²) in [6, 6.07) is 5.40. The molecule has 2 aromatic heterocycles. The molecule has 0 saturated heterocycles. The fraction of sp³-hybridized carbons (Fsp3) is 0.0833. The average Bonchev–Trinajstić information content (AvgIpc) is 3.12. The zero-order valence-electron chi connectivity index (χ0n) is 11.0. The molecular weight excluding hydrogens is 274 g/mol. The van der Waals surface area contributed by atoms with Crippen LogP contribution in [0.15, 0.2) is 29.0 Å². The van der Waals surface area contributed by atoms with Gasteiger partial charge in [0, 0.05) is 11.3 Å². The molecule has 106 valence electrons. The SMILES string of the molecule is Cc1ccc(-c2nnco2)cc1NC(=O)c1nc(N)n[nH]1. The summed E-state index contributed by atoms with van der Waals surface area (Å²) < 4.78 is 5.13. The molecule has 4 N–H and O–H groups in total. The summed E-state index contributed by atoms with van der Waals surface area (Å²) in [5.74, 6) is -0.0223. The number of nitrogens with zero attached hydrogens (tertiary/aromatic N) is 4. The van der Waals surface area contributed by atoms with Crippen LogP contribution in [0.5, 0.6) is 0 Å². The molecule has 0 atom stereocenters. The van der Waals surface area contributed by atoms with Gasteiger partial charge in [0.1, 0.15) is 0 Å². The van der Waals surface area contributed by atoms with Crippen LogP contribution in [0.4, 0.5) is 11.6 Å². The maximum atomic E-state index is 12.0. The Kier molecular flexibility index (Phi) is 3.07. The van der Waals surface area contributed by atoms with Crippen LogP contribution in [0.3, 0.4) is 0 Å². The lowest BCUT2D eigenvalue weighted by Crippen LogP contribution is -2.14. The fourth-order valence-corrected chi connectivity index (χ4v) is 1.75. The first-order chi connectivity index (χ1) is 10.1. The van der Waals surface area contributed by atoms with E-state index in [2.05, 4.69) is 30.7 Å². The van der Waals surface area contributed by atoms with Gasteiger partial charge in [0.15, 0.2) is 0 Å². The van der Waals surface area contributed by atoms with E-state index in [0.717, 1.165) is 5.56 Å². The second kappa shape index (κ2) is 5.04. The molecule has 9 nitrogen and oxygen atoms in total. The summed E-state index contributed by atoms with van der Waals surface area (Å²) in [4.78, 5) is 15.8. The van der Waals surface area contributed by atoms with E-state index in [1.165, 1.54) is 6.39 Å². The zero-order chi connectivity index (χ0) is 14.8. The third-order valence-electron chi connectivity index (χ3n) is 2.81. The molecule has 0 fully saturated rings. The predicted octanol–water partition coefficient (Wildman–Crippen LogP) is 0.998. The number of aromatic nitrogens is 5. The van der Waals surface area contributed by atoms with E-state index in [1.54, 1.807) is 6.07 Å². The van der Waals surface area contributed by atoms with Gasteiger partial charge >= 0.3 is 0 Å². The number of benzene rings is 1. The van der Waals surface area contributed by atoms with Crippen molar-refractivity contribution < 1.29 is 9.21 Å². The largest absolute Gasteiger partial charge is 0.423 e. The minimum Gasteiger partial charge on any atom is -0.423 e. The van der Waals surface area contributed by atoms with E-state index in [1.807, 2.05) is 19.1 Å². The van der Waals surface area contributed by atoms with Crippen molar-refractivity contribution in [3.63, 3.8) is 0 Å². The van der Waals surface area contributed by atoms with Crippen molar-refractivity contribution in [3.8, 4) is 11.5 Å². The van der Waals surface area contributed by atoms with Gasteiger partial charge in [-0.05, 0) is 24.6 Å². The number of H-pyrrole nitrogens is 1. The summed E-state index contributed by atoms with van der Waals surface area (Å²) in [7, 11) is 0. The minimum absolute atomic E-state index is 0.0106. The van der Waals surface area contributed by atoms with Gasteiger partial charge in [0.2, 0.25) is 24.1 Å². The average molecular weight is 285 g/mol. The summed E-state index contributed by atoms with van der Waals surface area (Å²) in [6.45, 7) is 1.86. The Morgan fingerprint density at radius 2 is 2.29 bits per heavy atom. The monoisotopic (exact) mass is 285 g/mol. The van der Waals surface area contributed by atoms with Crippen molar-refractivity contribution in [1.29, 1.82) is 0 Å². The molecule has 21 heavy (non-hydrogen) atoms. The molecule has 3 aromatic rings. The van der Waals surface area contributed by atoms with E-state index in [0.29, 0.717) is 17.1 Å². The smallest absolute Gasteiger partial charge is 0.293 e. The highest BCUT2D eigenvalue weighted by atomic mass is 16.4. The molecule has 0 aliphatic rings. The maximum absolute atomic E-state index is 12.0. The number of hydrogen-bond acceptors (Lipinski definition) is 7. The first-order valence-electron chi connectivity index (χ1n) is 6.00. The number of carbonyl (C=O) groups excluding carboxylic acids is 1. The maximum Gasteiger partial charge on any atom is 0.293 e. The van der Waals surface area contributed by atoms with Crippen LogP contribution in [-0.4, -0.2) is 31.3 Å². The van der Waals surface area contributed by atoms with Crippen LogP contribution in [-0.2, 0) is 0 Å². The molecule has 0 spiro atoms. The molecule has 0 saturated carbocycles. The molecule has 3 rings (SSSR count). The van der Waals surface area contributed by atoms with Crippen LogP contribution < -0.4 is 11.1 Å². The summed E-state index contributed by atoms with van der Waals surface area (Å²) >= 11 is 0. The molecular formula is C12H11N7O2. The molecule has 0 aliphatic carbocycles. The number of carbonyl (C=O) groups is 1. The Bertz CT molecular complexity index is 779. The highest BCUT2D eigenvalue weighted by Crippen LogP contribution is 2.24. The second-order valence-electron chi connectivity index (χ2n) is 4.27. The highest BCUT2D eigenvalue weighted by molar-refractivity contribution is 6.02. The topological polar surface area (TPSA) is 136 Å². The molecule has 1 amide bonds. The van der Waals surface area contributed by atoms with Crippen LogP contribution >= 0.6 is 0 Å². The summed E-state index contributed by atoms with van der Waals surface area (Å²) in [5, 5.41) is 16.2. The normalized spacial score (nSPS) is 10.5. The lowest BCUT2D eigenvalue weighted by atomic mass is 10.1. The Labute approximate surface area is 118 Å². The number of hydrogen-bond donors (Lipinski definition) is 3. The van der Waals surface area contributed by atoms with Crippen molar-refractivity contribution >= 4 is 17.5 Å². The zero-order valence-corrected chi connectivity index (χ0v) is 11.0. The number of aromatic amines is 1. The lowest BCUT2D eigenvalue weighted by molar-refractivity contribution is 0.101. The highest BCUT2D eigenvalue weighted by Gasteiger charge is 2.13. The molecule has 2 heterocycles. The minimum atomic E-state index is -0.440. The second-order valence-corrected chi connectivity index (χ2v) is 4.27. The van der Waals surface area contributed by atoms with E-state index in [9.17, 15) is 4.79 Å². The van der Waals surface area contributed by atoms with Crippen LogP contribution in [0.2, 0.25) is 0 Å². The van der Waals surface area contributed by atoms with Gasteiger partial charge in [-0.2, -0.15) is 4.98 Å². The van der Waals surface area contributed by atoms with Crippen molar-refractivity contribution in [2.75, 3.05) is 11.1 Å². The Balaban J connectivity index is 1.88. The van der Waals surface area contributed by atoms with Gasteiger partial charge in [-0.3, -0.25) is 9.89 Å². The number of amides is 1. The van der Waals surface area contributed by atoms with E-state index >= 15 is 0 Å². The number of nitrogen functional groups attached to an aromatic ring is 1. The van der Waals surface area contributed by atoms with Gasteiger partial charge in [0.25, 0.3) is 5.91 Å². The molecule has 0 unspecified atom stereocenters. The number of anilines is 2. The number of nitrogens with one attached hydrogen (secondary N) is 2. The van der Waals surface area contributed by atoms with Gasteiger partial charge in [-0.1, -0.05) is 6.07 Å². The van der Waals surface area contributed by atoms with E-state index in [4.69, 9.17) is 10.2 Å². The van der Waals surface area contributed by atoms with Gasteiger partial charge in [-0.15, -0.1) is 15.3 Å². The van der Waals surface area contributed by atoms with Crippen molar-refractivity contribution in [2.45, 2.75) is 6.92 Å². The van der Waals surface area contributed by atoms with Crippen molar-refractivity contribution in [3.05, 3.63) is 36.0 Å². The Morgan fingerprint density at radius 1 is 1.43 bits per heavy atom. The number of rotatable bonds is 3. The first-order valence-corrected chi connectivity index (χ1v) is 6.00. The van der Waals surface area contributed by atoms with Crippen LogP contribution in [0.1, 0.15) is 16.2 Å². The lowest BCUT2D eigenvalue weighted by Gasteiger charge is -2.08. The van der Waals surface area contributed by atoms with E-state index < -0.39 is 5.91 Å². The molecule has 0 aliphatic heterocycles. The van der Waals surface area contributed by atoms with Crippen LogP contribution in [0, 0.1) is 6.92 Å². The summed E-state index contributed by atoms with van der Waals surface area (Å²) in [5.41, 5.74) is 7.54. The fourth-order valence-electron chi connectivity index (χ4n) is 1.75. The van der Waals surface area contributed by atoms with Crippen molar-refractivity contribution in [1.82, 2.24) is 25.4 Å². The Hall–Kier alpha value is -3.23. The molecule has 0 bridgehead atoms. The molecule has 1 aromatic carbocycles. The Morgan fingerprint density at radius 3 is 2.95 bits per heavy atom. The van der Waals surface area contributed by atoms with E-state index in [-0.39, 0.29) is 11.8 Å². The number of nitrogens with two attached hydrogens (primary N) is 1. The summed E-state index contributed by atoms with van der Waals surface area (Å²) in [6.07, 6.45) is 1.24. The first kappa shape index (κ1) is 12.8. The van der Waals surface area contributed by atoms with Gasteiger partial charge in [0.05, 0.1) is 0 Å². The third-order valence-corrected chi connectivity index (χ3v) is 2.81. The van der Waals surface area contributed by atoms with Crippen LogP contribution in [0.25, 0.3) is 11.5 Å². The van der Waals surface area contributed by atoms with Gasteiger partial charge in [-0.25, -0.2) is 0 Å². The number of aryl methyl sites for hydroxylation is 1. The third kappa shape index (κ3) is 2.56. The molecule has 0 radical (unpaired) electrons. The predicted molar refractivity (Wildman–Crippen MR) is 73.2 cm³/mol.